The third kappa shape index (κ3) is 1.44. The molecule has 10 heavy (non-hydrogen) atoms. The molecule has 0 aromatic rings. The van der Waals surface area contributed by atoms with Crippen LogP contribution in [-0.2, 0) is 0 Å². The maximum Gasteiger partial charge on any atom is 0.359 e. The minimum atomic E-state index is -2.85. The summed E-state index contributed by atoms with van der Waals surface area (Å²) in [6.07, 6.45) is 2.24. The molecule has 0 rings (SSSR count). The molecule has 0 amide bonds. The molecule has 0 aromatic carbocycles. The number of alkyl halides is 1. The molecule has 1 unspecified atom stereocenters. The van der Waals surface area contributed by atoms with E-state index in [0.29, 0.717) is 0 Å². The molecule has 0 aliphatic carbocycles. The Bertz CT molecular complexity index is 135. The van der Waals surface area contributed by atoms with E-state index in [1.165, 1.54) is 19.8 Å². The van der Waals surface area contributed by atoms with E-state index in [9.17, 15) is 13.2 Å². The van der Waals surface area contributed by atoms with Crippen molar-refractivity contribution in [2.75, 3.05) is 0 Å². The van der Waals surface area contributed by atoms with Crippen molar-refractivity contribution < 1.29 is 13.2 Å². The Balaban J connectivity index is 4.43. The molecule has 3 heteroatoms. The Labute approximate surface area is 58.4 Å². The third-order valence-electron chi connectivity index (χ3n) is 1.28. The van der Waals surface area contributed by atoms with Gasteiger partial charge in [0.25, 0.3) is 0 Å². The van der Waals surface area contributed by atoms with Crippen LogP contribution in [0.5, 0.6) is 0 Å². The Morgan fingerprint density at radius 1 is 1.50 bits per heavy atom. The third-order valence-corrected chi connectivity index (χ3v) is 1.28. The summed E-state index contributed by atoms with van der Waals surface area (Å²) in [5.74, 6) is 0.537. The van der Waals surface area contributed by atoms with E-state index >= 15 is 0 Å². The summed E-state index contributed by atoms with van der Waals surface area (Å²) in [6, 6.07) is 0. The van der Waals surface area contributed by atoms with E-state index in [-0.39, 0.29) is 0 Å². The lowest BCUT2D eigenvalue weighted by Crippen LogP contribution is -2.31. The second-order valence-electron chi connectivity index (χ2n) is 2.27. The molecule has 0 saturated heterocycles. The molecule has 0 heterocycles. The van der Waals surface area contributed by atoms with Crippen molar-refractivity contribution in [1.82, 2.24) is 0 Å². The van der Waals surface area contributed by atoms with Gasteiger partial charge in [-0.2, -0.15) is 8.78 Å². The molecule has 0 aliphatic heterocycles. The Morgan fingerprint density at radius 2 is 1.90 bits per heavy atom. The molecule has 0 aliphatic rings. The fourth-order valence-corrected chi connectivity index (χ4v) is 0.439. The number of hydrogen-bond acceptors (Lipinski definition) is 0. The van der Waals surface area contributed by atoms with Crippen LogP contribution in [0.15, 0.2) is 0 Å². The quantitative estimate of drug-likeness (QED) is 0.529. The van der Waals surface area contributed by atoms with Crippen LogP contribution in [0, 0.1) is 24.7 Å². The van der Waals surface area contributed by atoms with Crippen LogP contribution in [0.3, 0.4) is 0 Å². The number of hydrogen-bond donors (Lipinski definition) is 0. The SMILES string of the molecule is C#CC(F)([C](F)F)C(C)C. The summed E-state index contributed by atoms with van der Waals surface area (Å²) < 4.78 is 36.2. The van der Waals surface area contributed by atoms with Crippen LogP contribution in [0.25, 0.3) is 0 Å². The zero-order valence-electron chi connectivity index (χ0n) is 5.79. The van der Waals surface area contributed by atoms with Crippen LogP contribution in [-0.4, -0.2) is 5.67 Å². The first-order chi connectivity index (χ1) is 4.45. The monoisotopic (exact) mass is 149 g/mol. The van der Waals surface area contributed by atoms with E-state index in [4.69, 9.17) is 0 Å². The molecular formula is C7H8F3. The minimum Gasteiger partial charge on any atom is -0.222 e. The smallest absolute Gasteiger partial charge is 0.222 e. The maximum atomic E-state index is 12.7. The van der Waals surface area contributed by atoms with Gasteiger partial charge in [-0.15, -0.1) is 6.42 Å². The average Bonchev–Trinajstić information content (AvgIpc) is 1.85. The molecule has 0 nitrogen and oxygen atoms in total. The summed E-state index contributed by atoms with van der Waals surface area (Å²) in [5.41, 5.74) is -2.85. The summed E-state index contributed by atoms with van der Waals surface area (Å²) in [6.45, 7) is 2.61. The molecule has 0 N–H and O–H groups in total. The molecule has 1 radical (unpaired) electrons. The molecule has 0 bridgehead atoms. The Hall–Kier alpha value is -0.650. The van der Waals surface area contributed by atoms with Crippen LogP contribution in [0.4, 0.5) is 13.2 Å². The lowest BCUT2D eigenvalue weighted by Gasteiger charge is -2.20. The van der Waals surface area contributed by atoms with Gasteiger partial charge >= 0.3 is 6.43 Å². The van der Waals surface area contributed by atoms with E-state index in [2.05, 4.69) is 6.42 Å². The van der Waals surface area contributed by atoms with Gasteiger partial charge in [0.05, 0.1) is 0 Å². The second kappa shape index (κ2) is 2.96. The van der Waals surface area contributed by atoms with Crippen molar-refractivity contribution in [3.05, 3.63) is 6.43 Å². The molecule has 0 fully saturated rings. The highest BCUT2D eigenvalue weighted by Crippen LogP contribution is 2.33. The first kappa shape index (κ1) is 9.35. The fourth-order valence-electron chi connectivity index (χ4n) is 0.439. The minimum absolute atomic E-state index is 0.887. The number of halogens is 3. The predicted molar refractivity (Wildman–Crippen MR) is 33.0 cm³/mol. The molecule has 0 aromatic heterocycles. The van der Waals surface area contributed by atoms with Crippen LogP contribution < -0.4 is 0 Å². The lowest BCUT2D eigenvalue weighted by molar-refractivity contribution is 0.0660. The highest BCUT2D eigenvalue weighted by Gasteiger charge is 2.43. The Morgan fingerprint density at radius 3 is 1.90 bits per heavy atom. The molecular weight excluding hydrogens is 141 g/mol. The highest BCUT2D eigenvalue weighted by molar-refractivity contribution is 5.17. The topological polar surface area (TPSA) is 0 Å². The fraction of sp³-hybridized carbons (Fsp3) is 0.571. The van der Waals surface area contributed by atoms with Crippen molar-refractivity contribution in [1.29, 1.82) is 0 Å². The highest BCUT2D eigenvalue weighted by atomic mass is 19.3. The summed E-state index contributed by atoms with van der Waals surface area (Å²) in [7, 11) is 0. The van der Waals surface area contributed by atoms with Crippen LogP contribution >= 0.6 is 0 Å². The van der Waals surface area contributed by atoms with E-state index in [1.54, 1.807) is 0 Å². The number of terminal acetylenes is 1. The van der Waals surface area contributed by atoms with Crippen molar-refractivity contribution >= 4 is 0 Å². The van der Waals surface area contributed by atoms with Gasteiger partial charge in [-0.25, -0.2) is 4.39 Å². The van der Waals surface area contributed by atoms with Gasteiger partial charge in [0.15, 0.2) is 0 Å². The molecule has 1 atom stereocenters. The van der Waals surface area contributed by atoms with E-state index in [1.807, 2.05) is 0 Å². The number of rotatable bonds is 2. The first-order valence-corrected chi connectivity index (χ1v) is 2.80. The Kier molecular flexibility index (Phi) is 2.77. The van der Waals surface area contributed by atoms with Gasteiger partial charge in [-0.1, -0.05) is 19.8 Å². The normalized spacial score (nSPS) is 17.0. The van der Waals surface area contributed by atoms with Crippen molar-refractivity contribution in [2.45, 2.75) is 19.5 Å². The van der Waals surface area contributed by atoms with Crippen molar-refractivity contribution in [2.24, 2.45) is 5.92 Å². The van der Waals surface area contributed by atoms with Crippen LogP contribution in [0.2, 0.25) is 0 Å². The summed E-state index contributed by atoms with van der Waals surface area (Å²) in [4.78, 5) is 0. The summed E-state index contributed by atoms with van der Waals surface area (Å²) >= 11 is 0. The molecule has 0 saturated carbocycles. The van der Waals surface area contributed by atoms with Gasteiger partial charge in [0.1, 0.15) is 0 Å². The van der Waals surface area contributed by atoms with Crippen molar-refractivity contribution in [3.8, 4) is 12.3 Å². The average molecular weight is 149 g/mol. The van der Waals surface area contributed by atoms with Gasteiger partial charge in [0, 0.05) is 5.92 Å². The zero-order chi connectivity index (χ0) is 8.36. The van der Waals surface area contributed by atoms with Gasteiger partial charge in [-0.3, -0.25) is 0 Å². The second-order valence-corrected chi connectivity index (χ2v) is 2.27. The molecule has 57 valence electrons. The molecule has 0 spiro atoms. The zero-order valence-corrected chi connectivity index (χ0v) is 5.79. The van der Waals surface area contributed by atoms with Crippen LogP contribution in [0.1, 0.15) is 13.8 Å². The predicted octanol–water partition coefficient (Wildman–Crippen LogP) is 2.41. The first-order valence-electron chi connectivity index (χ1n) is 2.80. The summed E-state index contributed by atoms with van der Waals surface area (Å²) in [5, 5.41) is 0. The lowest BCUT2D eigenvalue weighted by atomic mass is 9.94. The van der Waals surface area contributed by atoms with Crippen molar-refractivity contribution in [3.63, 3.8) is 0 Å². The standard InChI is InChI=1S/C7H8F3/c1-4-7(10,5(2)3)6(8)9/h1,5H,2-3H3. The largest absolute Gasteiger partial charge is 0.359 e. The van der Waals surface area contributed by atoms with Gasteiger partial charge < -0.3 is 0 Å². The van der Waals surface area contributed by atoms with E-state index < -0.39 is 18.0 Å². The van der Waals surface area contributed by atoms with Gasteiger partial charge in [-0.05, 0) is 0 Å². The van der Waals surface area contributed by atoms with Gasteiger partial charge in [0.2, 0.25) is 5.67 Å². The maximum absolute atomic E-state index is 12.7. The van der Waals surface area contributed by atoms with E-state index in [0.717, 1.165) is 0 Å².